The van der Waals surface area contributed by atoms with Gasteiger partial charge in [0.15, 0.2) is 0 Å². The van der Waals surface area contributed by atoms with Gasteiger partial charge in [0.05, 0.1) is 10.4 Å². The lowest BCUT2D eigenvalue weighted by Crippen LogP contribution is -2.31. The van der Waals surface area contributed by atoms with Crippen molar-refractivity contribution in [2.75, 3.05) is 5.32 Å². The number of nitro benzene ring substituents is 1. The molecule has 6 nitrogen and oxygen atoms in total. The Morgan fingerprint density at radius 2 is 2.20 bits per heavy atom. The normalized spacial score (nSPS) is 16.6. The molecule has 6 heteroatoms. The van der Waals surface area contributed by atoms with E-state index in [1.165, 1.54) is 37.7 Å². The Labute approximate surface area is 116 Å². The summed E-state index contributed by atoms with van der Waals surface area (Å²) in [4.78, 5) is 18.9. The average Bonchev–Trinajstić information content (AvgIpc) is 2.36. The van der Waals surface area contributed by atoms with Crippen LogP contribution in [0.25, 0.3) is 10.9 Å². The summed E-state index contributed by atoms with van der Waals surface area (Å²) in [6, 6.07) is 4.98. The number of anilines is 1. The van der Waals surface area contributed by atoms with Crippen molar-refractivity contribution in [1.29, 1.82) is 0 Å². The fourth-order valence-electron chi connectivity index (χ4n) is 2.55. The highest BCUT2D eigenvalue weighted by Crippen LogP contribution is 2.32. The van der Waals surface area contributed by atoms with E-state index in [4.69, 9.17) is 0 Å². The summed E-state index contributed by atoms with van der Waals surface area (Å²) < 4.78 is 0. The second kappa shape index (κ2) is 5.03. The fraction of sp³-hybridized carbons (Fsp3) is 0.429. The molecule has 1 heterocycles. The predicted molar refractivity (Wildman–Crippen MR) is 76.6 cm³/mol. The smallest absolute Gasteiger partial charge is 0.270 e. The molecular formula is C14H16N4O2. The number of rotatable bonds is 4. The lowest BCUT2D eigenvalue weighted by atomic mass is 9.80. The van der Waals surface area contributed by atoms with Gasteiger partial charge in [0.1, 0.15) is 12.1 Å². The minimum absolute atomic E-state index is 0.0617. The number of aromatic nitrogens is 2. The molecule has 1 fully saturated rings. The van der Waals surface area contributed by atoms with Crippen LogP contribution in [0.3, 0.4) is 0 Å². The minimum Gasteiger partial charge on any atom is -0.367 e. The van der Waals surface area contributed by atoms with Crippen molar-refractivity contribution in [3.63, 3.8) is 0 Å². The molecule has 1 saturated carbocycles. The van der Waals surface area contributed by atoms with E-state index < -0.39 is 4.92 Å². The molecule has 3 rings (SSSR count). The number of fused-ring (bicyclic) bond motifs is 1. The number of nitro groups is 1. The quantitative estimate of drug-likeness (QED) is 0.683. The van der Waals surface area contributed by atoms with Gasteiger partial charge < -0.3 is 5.32 Å². The topological polar surface area (TPSA) is 81.0 Å². The zero-order chi connectivity index (χ0) is 14.1. The Morgan fingerprint density at radius 1 is 1.40 bits per heavy atom. The predicted octanol–water partition coefficient (Wildman–Crippen LogP) is 3.14. The summed E-state index contributed by atoms with van der Waals surface area (Å²) in [6.07, 6.45) is 5.24. The number of hydrogen-bond donors (Lipinski definition) is 1. The van der Waals surface area contributed by atoms with Gasteiger partial charge in [0.25, 0.3) is 5.69 Å². The third kappa shape index (κ3) is 2.29. The Balaban J connectivity index is 1.96. The van der Waals surface area contributed by atoms with Crippen molar-refractivity contribution in [2.24, 2.45) is 5.92 Å². The first-order valence-electron chi connectivity index (χ1n) is 6.81. The van der Waals surface area contributed by atoms with Crippen LogP contribution in [0.15, 0.2) is 24.5 Å². The number of hydrogen-bond acceptors (Lipinski definition) is 5. The molecule has 20 heavy (non-hydrogen) atoms. The van der Waals surface area contributed by atoms with Gasteiger partial charge in [-0.25, -0.2) is 9.97 Å². The molecular weight excluding hydrogens is 256 g/mol. The molecule has 1 N–H and O–H groups in total. The van der Waals surface area contributed by atoms with Crippen molar-refractivity contribution >= 4 is 22.4 Å². The average molecular weight is 272 g/mol. The summed E-state index contributed by atoms with van der Waals surface area (Å²) in [5.74, 6) is 1.34. The van der Waals surface area contributed by atoms with E-state index in [-0.39, 0.29) is 5.69 Å². The van der Waals surface area contributed by atoms with E-state index in [9.17, 15) is 10.1 Å². The Hall–Kier alpha value is -2.24. The van der Waals surface area contributed by atoms with Crippen molar-refractivity contribution in [3.05, 3.63) is 34.6 Å². The van der Waals surface area contributed by atoms with Crippen LogP contribution < -0.4 is 5.32 Å². The Kier molecular flexibility index (Phi) is 3.22. The van der Waals surface area contributed by atoms with E-state index in [1.807, 2.05) is 0 Å². The lowest BCUT2D eigenvalue weighted by molar-refractivity contribution is -0.384. The number of nitrogens with zero attached hydrogens (tertiary/aromatic N) is 3. The first-order valence-corrected chi connectivity index (χ1v) is 6.81. The van der Waals surface area contributed by atoms with Gasteiger partial charge in [-0.05, 0) is 31.7 Å². The highest BCUT2D eigenvalue weighted by molar-refractivity contribution is 5.90. The Bertz CT molecular complexity index is 655. The fourth-order valence-corrected chi connectivity index (χ4v) is 2.55. The van der Waals surface area contributed by atoms with Crippen LogP contribution in [0.2, 0.25) is 0 Å². The largest absolute Gasteiger partial charge is 0.367 e. The highest BCUT2D eigenvalue weighted by atomic mass is 16.6. The molecule has 0 saturated heterocycles. The van der Waals surface area contributed by atoms with Crippen LogP contribution in [0.5, 0.6) is 0 Å². The molecule has 1 aromatic heterocycles. The van der Waals surface area contributed by atoms with Crippen molar-refractivity contribution in [2.45, 2.75) is 32.2 Å². The molecule has 2 aromatic rings. The summed E-state index contributed by atoms with van der Waals surface area (Å²) >= 11 is 0. The second-order valence-electron chi connectivity index (χ2n) is 5.30. The number of non-ortho nitro benzene ring substituents is 1. The van der Waals surface area contributed by atoms with Crippen molar-refractivity contribution in [3.8, 4) is 0 Å². The van der Waals surface area contributed by atoms with Crippen LogP contribution in [0.1, 0.15) is 26.2 Å². The zero-order valence-corrected chi connectivity index (χ0v) is 11.2. The van der Waals surface area contributed by atoms with Crippen molar-refractivity contribution < 1.29 is 4.92 Å². The monoisotopic (exact) mass is 272 g/mol. The summed E-state index contributed by atoms with van der Waals surface area (Å²) in [5.41, 5.74) is 0.778. The maximum absolute atomic E-state index is 10.9. The first-order chi connectivity index (χ1) is 9.65. The van der Waals surface area contributed by atoms with Crippen LogP contribution in [0, 0.1) is 16.0 Å². The van der Waals surface area contributed by atoms with E-state index in [0.717, 1.165) is 0 Å². The van der Waals surface area contributed by atoms with Gasteiger partial charge in [0.2, 0.25) is 0 Å². The van der Waals surface area contributed by atoms with Gasteiger partial charge in [0, 0.05) is 23.6 Å². The van der Waals surface area contributed by atoms with Crippen LogP contribution in [0.4, 0.5) is 11.5 Å². The van der Waals surface area contributed by atoms with Gasteiger partial charge in [-0.2, -0.15) is 0 Å². The summed E-state index contributed by atoms with van der Waals surface area (Å²) in [6.45, 7) is 2.13. The van der Waals surface area contributed by atoms with Crippen LogP contribution in [-0.4, -0.2) is 20.9 Å². The molecule has 104 valence electrons. The van der Waals surface area contributed by atoms with Gasteiger partial charge >= 0.3 is 0 Å². The molecule has 1 atom stereocenters. The maximum atomic E-state index is 10.9. The maximum Gasteiger partial charge on any atom is 0.270 e. The molecule has 1 aliphatic carbocycles. The van der Waals surface area contributed by atoms with Gasteiger partial charge in [-0.3, -0.25) is 10.1 Å². The summed E-state index contributed by atoms with van der Waals surface area (Å²) in [5, 5.41) is 15.0. The van der Waals surface area contributed by atoms with E-state index >= 15 is 0 Å². The SMILES string of the molecule is CC(Nc1ncnc2ccc([N+](=O)[O-])cc12)C1CCC1. The standard InChI is InChI=1S/C14H16N4O2/c1-9(10-3-2-4-10)17-14-12-7-11(18(19)20)5-6-13(12)15-8-16-14/h5-10H,2-4H2,1H3,(H,15,16,17). The highest BCUT2D eigenvalue weighted by Gasteiger charge is 2.24. The van der Waals surface area contributed by atoms with Gasteiger partial charge in [-0.1, -0.05) is 6.42 Å². The number of benzene rings is 1. The molecule has 0 aliphatic heterocycles. The van der Waals surface area contributed by atoms with E-state index in [1.54, 1.807) is 6.07 Å². The van der Waals surface area contributed by atoms with Crippen molar-refractivity contribution in [1.82, 2.24) is 9.97 Å². The molecule has 0 radical (unpaired) electrons. The zero-order valence-electron chi connectivity index (χ0n) is 11.2. The molecule has 1 aromatic carbocycles. The molecule has 0 bridgehead atoms. The Morgan fingerprint density at radius 3 is 2.85 bits per heavy atom. The second-order valence-corrected chi connectivity index (χ2v) is 5.30. The third-order valence-electron chi connectivity index (χ3n) is 4.05. The number of nitrogens with one attached hydrogen (secondary N) is 1. The van der Waals surface area contributed by atoms with Gasteiger partial charge in [-0.15, -0.1) is 0 Å². The summed E-state index contributed by atoms with van der Waals surface area (Å²) in [7, 11) is 0. The molecule has 1 unspecified atom stereocenters. The minimum atomic E-state index is -0.397. The lowest BCUT2D eigenvalue weighted by Gasteiger charge is -2.32. The van der Waals surface area contributed by atoms with Crippen LogP contribution >= 0.6 is 0 Å². The van der Waals surface area contributed by atoms with Crippen LogP contribution in [-0.2, 0) is 0 Å². The van der Waals surface area contributed by atoms with E-state index in [0.29, 0.717) is 28.7 Å². The third-order valence-corrected chi connectivity index (χ3v) is 4.05. The van der Waals surface area contributed by atoms with E-state index in [2.05, 4.69) is 22.2 Å². The molecule has 1 aliphatic rings. The molecule has 0 spiro atoms. The molecule has 0 amide bonds. The first kappa shape index (κ1) is 12.8.